The van der Waals surface area contributed by atoms with E-state index in [9.17, 15) is 4.79 Å². The zero-order valence-corrected chi connectivity index (χ0v) is 17.5. The first-order valence-corrected chi connectivity index (χ1v) is 10.7. The molecule has 0 saturated carbocycles. The number of fused-ring (bicyclic) bond motifs is 1. The second kappa shape index (κ2) is 7.56. The number of amides is 1. The van der Waals surface area contributed by atoms with Gasteiger partial charge in [-0.05, 0) is 60.1 Å². The third-order valence-corrected chi connectivity index (χ3v) is 7.03. The number of benzene rings is 1. The van der Waals surface area contributed by atoms with Crippen LogP contribution in [0.25, 0.3) is 0 Å². The number of hydrogen-bond acceptors (Lipinski definition) is 2. The molecule has 0 bridgehead atoms. The minimum absolute atomic E-state index is 0.0486. The summed E-state index contributed by atoms with van der Waals surface area (Å²) in [5.74, 6) is 1.19. The molecule has 0 spiro atoms. The van der Waals surface area contributed by atoms with Gasteiger partial charge < -0.3 is 5.32 Å². The lowest BCUT2D eigenvalue weighted by Crippen LogP contribution is -2.27. The lowest BCUT2D eigenvalue weighted by molar-refractivity contribution is 0.102. The Bertz CT molecular complexity index is 784. The van der Waals surface area contributed by atoms with Crippen LogP contribution in [-0.4, -0.2) is 5.91 Å². The summed E-state index contributed by atoms with van der Waals surface area (Å²) in [4.78, 5) is 14.4. The summed E-state index contributed by atoms with van der Waals surface area (Å²) in [6.45, 7) is 11.4. The number of carbonyl (C=O) groups excluding carboxylic acids is 1. The van der Waals surface area contributed by atoms with Crippen LogP contribution >= 0.6 is 11.3 Å². The molecule has 26 heavy (non-hydrogen) atoms. The van der Waals surface area contributed by atoms with Gasteiger partial charge in [0.15, 0.2) is 0 Å². The third-order valence-electron chi connectivity index (χ3n) is 5.98. The smallest absolute Gasteiger partial charge is 0.256 e. The number of thiophene rings is 1. The van der Waals surface area contributed by atoms with Crippen LogP contribution in [0.5, 0.6) is 0 Å². The van der Waals surface area contributed by atoms with E-state index in [-0.39, 0.29) is 5.91 Å². The molecular weight excluding hydrogens is 338 g/mol. The minimum atomic E-state index is 0.0486. The predicted molar refractivity (Wildman–Crippen MR) is 112 cm³/mol. The molecule has 0 radical (unpaired) electrons. The van der Waals surface area contributed by atoms with Crippen molar-refractivity contribution in [1.29, 1.82) is 0 Å². The predicted octanol–water partition coefficient (Wildman–Crippen LogP) is 6.66. The van der Waals surface area contributed by atoms with E-state index < -0.39 is 0 Å². The van der Waals surface area contributed by atoms with Crippen LogP contribution in [0, 0.1) is 11.3 Å². The van der Waals surface area contributed by atoms with Crippen LogP contribution in [0.4, 0.5) is 5.69 Å². The molecule has 1 aromatic heterocycles. The van der Waals surface area contributed by atoms with Crippen molar-refractivity contribution in [2.24, 2.45) is 11.3 Å². The number of anilines is 1. The number of rotatable bonds is 4. The molecule has 1 aliphatic carbocycles. The normalized spacial score (nSPS) is 18.3. The first-order chi connectivity index (χ1) is 12.3. The Morgan fingerprint density at radius 1 is 1.31 bits per heavy atom. The van der Waals surface area contributed by atoms with Crippen LogP contribution in [-0.2, 0) is 12.8 Å². The van der Waals surface area contributed by atoms with Crippen molar-refractivity contribution in [2.75, 3.05) is 5.32 Å². The molecule has 3 rings (SSSR count). The Balaban J connectivity index is 1.81. The largest absolute Gasteiger partial charge is 0.322 e. The van der Waals surface area contributed by atoms with E-state index >= 15 is 0 Å². The third kappa shape index (κ3) is 3.88. The summed E-state index contributed by atoms with van der Waals surface area (Å²) in [7, 11) is 0. The van der Waals surface area contributed by atoms with E-state index in [4.69, 9.17) is 0 Å². The quantitative estimate of drug-likeness (QED) is 0.641. The van der Waals surface area contributed by atoms with Gasteiger partial charge in [-0.2, -0.15) is 0 Å². The topological polar surface area (TPSA) is 29.1 Å². The molecule has 1 N–H and O–H groups in total. The van der Waals surface area contributed by atoms with Crippen molar-refractivity contribution in [3.8, 4) is 0 Å². The van der Waals surface area contributed by atoms with Crippen molar-refractivity contribution in [3.05, 3.63) is 51.2 Å². The highest BCUT2D eigenvalue weighted by atomic mass is 32.1. The molecule has 2 unspecified atom stereocenters. The lowest BCUT2D eigenvalue weighted by atomic mass is 9.72. The Kier molecular flexibility index (Phi) is 5.57. The fourth-order valence-electron chi connectivity index (χ4n) is 3.89. The highest BCUT2D eigenvalue weighted by Crippen LogP contribution is 2.40. The van der Waals surface area contributed by atoms with E-state index in [1.807, 2.05) is 12.1 Å². The number of hydrogen-bond donors (Lipinski definition) is 1. The summed E-state index contributed by atoms with van der Waals surface area (Å²) in [5, 5.41) is 5.25. The van der Waals surface area contributed by atoms with E-state index in [2.05, 4.69) is 57.4 Å². The zero-order valence-electron chi connectivity index (χ0n) is 16.7. The van der Waals surface area contributed by atoms with E-state index in [1.165, 1.54) is 22.4 Å². The van der Waals surface area contributed by atoms with Crippen LogP contribution in [0.15, 0.2) is 29.6 Å². The Morgan fingerprint density at radius 2 is 2.04 bits per heavy atom. The van der Waals surface area contributed by atoms with Gasteiger partial charge in [-0.1, -0.05) is 52.8 Å². The van der Waals surface area contributed by atoms with E-state index in [0.717, 1.165) is 30.5 Å². The number of carbonyl (C=O) groups is 1. The first kappa shape index (κ1) is 19.2. The summed E-state index contributed by atoms with van der Waals surface area (Å²) in [6.07, 6.45) is 4.38. The standard InChI is InChI=1S/C23H31NOS/c1-6-15(2)17-9-7-8-10-20(17)24-22(25)19-14-26-21-13-16(23(3,4)5)11-12-18(19)21/h7-10,14-16H,6,11-13H2,1-5H3,(H,24,25). The highest BCUT2D eigenvalue weighted by molar-refractivity contribution is 7.10. The first-order valence-electron chi connectivity index (χ1n) is 9.80. The molecule has 1 amide bonds. The maximum Gasteiger partial charge on any atom is 0.256 e. The van der Waals surface area contributed by atoms with Crippen molar-refractivity contribution in [3.63, 3.8) is 0 Å². The zero-order chi connectivity index (χ0) is 18.9. The number of para-hydroxylation sites is 1. The molecule has 2 aromatic rings. The maximum absolute atomic E-state index is 13.0. The van der Waals surface area contributed by atoms with Crippen molar-refractivity contribution in [2.45, 2.75) is 66.2 Å². The summed E-state index contributed by atoms with van der Waals surface area (Å²) < 4.78 is 0. The second-order valence-electron chi connectivity index (χ2n) is 8.71. The van der Waals surface area contributed by atoms with E-state index in [1.54, 1.807) is 11.3 Å². The molecule has 2 nitrogen and oxygen atoms in total. The maximum atomic E-state index is 13.0. The van der Waals surface area contributed by atoms with Crippen LogP contribution in [0.2, 0.25) is 0 Å². The fourth-order valence-corrected chi connectivity index (χ4v) is 5.05. The molecule has 2 atom stereocenters. The number of nitrogens with one attached hydrogen (secondary N) is 1. The molecule has 1 heterocycles. The van der Waals surface area contributed by atoms with Gasteiger partial charge in [0.2, 0.25) is 0 Å². The van der Waals surface area contributed by atoms with Gasteiger partial charge in [-0.15, -0.1) is 11.3 Å². The summed E-state index contributed by atoms with van der Waals surface area (Å²) in [6, 6.07) is 8.20. The Labute approximate surface area is 162 Å². The van der Waals surface area contributed by atoms with Crippen LogP contribution in [0.1, 0.15) is 79.7 Å². The fraction of sp³-hybridized carbons (Fsp3) is 0.522. The molecule has 1 aromatic carbocycles. The van der Waals surface area contributed by atoms with Gasteiger partial charge in [0, 0.05) is 15.9 Å². The Morgan fingerprint density at radius 3 is 2.73 bits per heavy atom. The van der Waals surface area contributed by atoms with Gasteiger partial charge in [0.05, 0.1) is 5.56 Å². The summed E-state index contributed by atoms with van der Waals surface area (Å²) in [5.41, 5.74) is 4.68. The molecular formula is C23H31NOS. The van der Waals surface area contributed by atoms with E-state index in [0.29, 0.717) is 17.3 Å². The molecule has 140 valence electrons. The van der Waals surface area contributed by atoms with Gasteiger partial charge in [0.25, 0.3) is 5.91 Å². The van der Waals surface area contributed by atoms with Gasteiger partial charge in [-0.25, -0.2) is 0 Å². The van der Waals surface area contributed by atoms with Crippen LogP contribution < -0.4 is 5.32 Å². The Hall–Kier alpha value is -1.61. The van der Waals surface area contributed by atoms with Crippen molar-refractivity contribution >= 4 is 22.9 Å². The van der Waals surface area contributed by atoms with Gasteiger partial charge in [-0.3, -0.25) is 4.79 Å². The van der Waals surface area contributed by atoms with Gasteiger partial charge >= 0.3 is 0 Å². The second-order valence-corrected chi connectivity index (χ2v) is 9.67. The SMILES string of the molecule is CCC(C)c1ccccc1NC(=O)c1csc2c1CCC(C(C)(C)C)C2. The summed E-state index contributed by atoms with van der Waals surface area (Å²) >= 11 is 1.76. The van der Waals surface area contributed by atoms with Crippen molar-refractivity contribution in [1.82, 2.24) is 0 Å². The molecule has 0 aliphatic heterocycles. The molecule has 3 heteroatoms. The molecule has 0 fully saturated rings. The molecule has 0 saturated heterocycles. The minimum Gasteiger partial charge on any atom is -0.322 e. The van der Waals surface area contributed by atoms with Crippen LogP contribution in [0.3, 0.4) is 0 Å². The lowest BCUT2D eigenvalue weighted by Gasteiger charge is -2.34. The van der Waals surface area contributed by atoms with Gasteiger partial charge in [0.1, 0.15) is 0 Å². The molecule has 1 aliphatic rings. The monoisotopic (exact) mass is 369 g/mol. The van der Waals surface area contributed by atoms with Crippen molar-refractivity contribution < 1.29 is 4.79 Å². The average Bonchev–Trinajstić information content (AvgIpc) is 3.04. The highest BCUT2D eigenvalue weighted by Gasteiger charge is 2.31. The average molecular weight is 370 g/mol.